The Morgan fingerprint density at radius 3 is 2.82 bits per heavy atom. The lowest BCUT2D eigenvalue weighted by molar-refractivity contribution is 0.0966. The van der Waals surface area contributed by atoms with Crippen molar-refractivity contribution >= 4 is 11.6 Å². The predicted molar refractivity (Wildman–Crippen MR) is 105 cm³/mol. The summed E-state index contributed by atoms with van der Waals surface area (Å²) in [5.74, 6) is -0.258. The first-order chi connectivity index (χ1) is 13.5. The number of imidazole rings is 1. The Hall–Kier alpha value is -3.74. The van der Waals surface area contributed by atoms with Crippen LogP contribution in [0.4, 0.5) is 8.78 Å². The van der Waals surface area contributed by atoms with Gasteiger partial charge in [0.15, 0.2) is 0 Å². The zero-order valence-electron chi connectivity index (χ0n) is 14.8. The molecule has 0 aliphatic rings. The van der Waals surface area contributed by atoms with Gasteiger partial charge in [0.05, 0.1) is 11.3 Å². The first kappa shape index (κ1) is 19.0. The molecular formula is C21H18F2N4O. The minimum absolute atomic E-state index is 0.0852. The van der Waals surface area contributed by atoms with E-state index in [1.165, 1.54) is 18.2 Å². The molecule has 7 heteroatoms. The second-order valence-corrected chi connectivity index (χ2v) is 5.90. The van der Waals surface area contributed by atoms with Crippen LogP contribution in [-0.4, -0.2) is 15.3 Å². The molecule has 0 aliphatic heterocycles. The molecular weight excluding hydrogens is 362 g/mol. The number of rotatable bonds is 6. The summed E-state index contributed by atoms with van der Waals surface area (Å²) < 4.78 is 27.6. The minimum atomic E-state index is -2.57. The summed E-state index contributed by atoms with van der Waals surface area (Å²) in [6.45, 7) is 3.55. The maximum Gasteiger partial charge on any atom is 0.263 e. The molecule has 0 radical (unpaired) electrons. The number of benzene rings is 1. The van der Waals surface area contributed by atoms with E-state index < -0.39 is 12.3 Å². The normalized spacial score (nSPS) is 12.0. The van der Waals surface area contributed by atoms with Crippen molar-refractivity contribution in [1.29, 1.82) is 0 Å². The number of nitrogens with two attached hydrogens (primary N) is 1. The number of aromatic nitrogens is 2. The Kier molecular flexibility index (Phi) is 5.64. The van der Waals surface area contributed by atoms with Crippen LogP contribution in [0.5, 0.6) is 0 Å². The molecule has 3 N–H and O–H groups in total. The maximum absolute atomic E-state index is 13.0. The van der Waals surface area contributed by atoms with E-state index in [0.29, 0.717) is 22.5 Å². The number of nitrogens with one attached hydrogen (secondary N) is 1. The highest BCUT2D eigenvalue weighted by Crippen LogP contribution is 2.26. The third kappa shape index (κ3) is 4.15. The van der Waals surface area contributed by atoms with Crippen LogP contribution in [0.2, 0.25) is 0 Å². The van der Waals surface area contributed by atoms with Crippen molar-refractivity contribution in [2.45, 2.75) is 6.43 Å². The fourth-order valence-corrected chi connectivity index (χ4v) is 2.64. The van der Waals surface area contributed by atoms with E-state index in [9.17, 15) is 13.6 Å². The molecule has 28 heavy (non-hydrogen) atoms. The predicted octanol–water partition coefficient (Wildman–Crippen LogP) is 4.21. The van der Waals surface area contributed by atoms with Crippen molar-refractivity contribution in [2.24, 2.45) is 5.73 Å². The molecule has 0 saturated heterocycles. The van der Waals surface area contributed by atoms with Crippen LogP contribution in [0, 0.1) is 0 Å². The van der Waals surface area contributed by atoms with Crippen LogP contribution < -0.4 is 11.1 Å². The molecule has 0 spiro atoms. The zero-order chi connectivity index (χ0) is 20.1. The van der Waals surface area contributed by atoms with Gasteiger partial charge >= 0.3 is 0 Å². The lowest BCUT2D eigenvalue weighted by Crippen LogP contribution is -2.27. The Labute approximate surface area is 160 Å². The smallest absolute Gasteiger partial charge is 0.263 e. The summed E-state index contributed by atoms with van der Waals surface area (Å²) in [6.07, 6.45) is 7.28. The molecule has 0 unspecified atom stereocenters. The standard InChI is InChI=1S/C21H18F2N4O/c1-2-3-4-10-18(24)26-21(28)16-9-6-11-27-13-17(25-20(16)27)14-7-5-8-15(12-14)19(22)23/h2-13,19H,1,24H2,(H,26,28)/b4-3-,18-10+. The number of pyridine rings is 1. The van der Waals surface area contributed by atoms with E-state index in [1.54, 1.807) is 59.3 Å². The quantitative estimate of drug-likeness (QED) is 0.629. The molecule has 5 nitrogen and oxygen atoms in total. The van der Waals surface area contributed by atoms with Crippen LogP contribution in [0.15, 0.2) is 85.5 Å². The van der Waals surface area contributed by atoms with Gasteiger partial charge in [0.2, 0.25) is 0 Å². The van der Waals surface area contributed by atoms with Gasteiger partial charge in [-0.25, -0.2) is 13.8 Å². The summed E-state index contributed by atoms with van der Waals surface area (Å²) in [7, 11) is 0. The van der Waals surface area contributed by atoms with E-state index in [0.717, 1.165) is 0 Å². The minimum Gasteiger partial charge on any atom is -0.385 e. The second kappa shape index (κ2) is 8.30. The molecule has 142 valence electrons. The number of carbonyl (C=O) groups is 1. The van der Waals surface area contributed by atoms with Gasteiger partial charge in [-0.3, -0.25) is 4.79 Å². The fourth-order valence-electron chi connectivity index (χ4n) is 2.64. The topological polar surface area (TPSA) is 72.4 Å². The molecule has 3 aromatic rings. The average Bonchev–Trinajstić information content (AvgIpc) is 3.12. The van der Waals surface area contributed by atoms with Gasteiger partial charge in [-0.2, -0.15) is 0 Å². The summed E-state index contributed by atoms with van der Waals surface area (Å²) in [5.41, 5.74) is 7.43. The number of hydrogen-bond acceptors (Lipinski definition) is 3. The van der Waals surface area contributed by atoms with E-state index in [2.05, 4.69) is 16.9 Å². The van der Waals surface area contributed by atoms with Crippen molar-refractivity contribution < 1.29 is 13.6 Å². The van der Waals surface area contributed by atoms with E-state index >= 15 is 0 Å². The SMILES string of the molecule is C=C/C=C\C=C(/N)NC(=O)c1cccn2cc(-c3cccc(C(F)F)c3)nc12. The van der Waals surface area contributed by atoms with Crippen molar-refractivity contribution in [3.63, 3.8) is 0 Å². The van der Waals surface area contributed by atoms with Gasteiger partial charge in [-0.05, 0) is 24.3 Å². The number of nitrogens with zero attached hydrogens (tertiary/aromatic N) is 2. The van der Waals surface area contributed by atoms with Crippen molar-refractivity contribution in [3.8, 4) is 11.3 Å². The van der Waals surface area contributed by atoms with Gasteiger partial charge in [0.1, 0.15) is 11.5 Å². The Morgan fingerprint density at radius 1 is 1.25 bits per heavy atom. The summed E-state index contributed by atoms with van der Waals surface area (Å²) in [6, 6.07) is 9.30. The Morgan fingerprint density at radius 2 is 2.07 bits per heavy atom. The Bertz CT molecular complexity index is 1080. The van der Waals surface area contributed by atoms with Gasteiger partial charge in [0.25, 0.3) is 12.3 Å². The molecule has 0 aliphatic carbocycles. The molecule has 2 heterocycles. The van der Waals surface area contributed by atoms with Gasteiger partial charge in [-0.1, -0.05) is 43.0 Å². The van der Waals surface area contributed by atoms with Crippen LogP contribution in [0.25, 0.3) is 16.9 Å². The molecule has 0 saturated carbocycles. The summed E-state index contributed by atoms with van der Waals surface area (Å²) >= 11 is 0. The molecule has 0 fully saturated rings. The third-order valence-electron chi connectivity index (χ3n) is 3.94. The molecule has 3 rings (SSSR count). The first-order valence-corrected chi connectivity index (χ1v) is 8.42. The van der Waals surface area contributed by atoms with Crippen LogP contribution >= 0.6 is 0 Å². The van der Waals surface area contributed by atoms with E-state index in [4.69, 9.17) is 5.73 Å². The number of alkyl halides is 2. The highest BCUT2D eigenvalue weighted by atomic mass is 19.3. The van der Waals surface area contributed by atoms with Crippen LogP contribution in [0.1, 0.15) is 22.3 Å². The summed E-state index contributed by atoms with van der Waals surface area (Å²) in [5, 5.41) is 2.58. The molecule has 0 atom stereocenters. The molecule has 2 aromatic heterocycles. The number of amides is 1. The second-order valence-electron chi connectivity index (χ2n) is 5.90. The summed E-state index contributed by atoms with van der Waals surface area (Å²) in [4.78, 5) is 17.0. The van der Waals surface area contributed by atoms with Crippen LogP contribution in [-0.2, 0) is 0 Å². The molecule has 0 bridgehead atoms. The van der Waals surface area contributed by atoms with Crippen molar-refractivity contribution in [1.82, 2.24) is 14.7 Å². The maximum atomic E-state index is 13.0. The van der Waals surface area contributed by atoms with E-state index in [-0.39, 0.29) is 11.4 Å². The zero-order valence-corrected chi connectivity index (χ0v) is 14.8. The Balaban J connectivity index is 1.95. The van der Waals surface area contributed by atoms with Crippen molar-refractivity contribution in [2.75, 3.05) is 0 Å². The number of carbonyl (C=O) groups excluding carboxylic acids is 1. The number of allylic oxidation sites excluding steroid dienone is 4. The molecule has 1 aromatic carbocycles. The highest BCUT2D eigenvalue weighted by Gasteiger charge is 2.15. The van der Waals surface area contributed by atoms with E-state index in [1.807, 2.05) is 0 Å². The lowest BCUT2D eigenvalue weighted by atomic mass is 10.1. The first-order valence-electron chi connectivity index (χ1n) is 8.42. The lowest BCUT2D eigenvalue weighted by Gasteiger charge is -2.05. The van der Waals surface area contributed by atoms with Gasteiger partial charge in [-0.15, -0.1) is 0 Å². The largest absolute Gasteiger partial charge is 0.385 e. The van der Waals surface area contributed by atoms with Crippen LogP contribution in [0.3, 0.4) is 0 Å². The number of halogens is 2. The number of hydrogen-bond donors (Lipinski definition) is 2. The van der Waals surface area contributed by atoms with Gasteiger partial charge < -0.3 is 15.5 Å². The molecule has 1 amide bonds. The fraction of sp³-hybridized carbons (Fsp3) is 0.0476. The monoisotopic (exact) mass is 380 g/mol. The highest BCUT2D eigenvalue weighted by molar-refractivity contribution is 6.00. The average molecular weight is 380 g/mol. The van der Waals surface area contributed by atoms with Gasteiger partial charge in [0, 0.05) is 23.5 Å². The van der Waals surface area contributed by atoms with Crippen molar-refractivity contribution in [3.05, 3.63) is 96.6 Å². The third-order valence-corrected chi connectivity index (χ3v) is 3.94. The number of fused-ring (bicyclic) bond motifs is 1.